The Morgan fingerprint density at radius 1 is 0.889 bits per heavy atom. The number of aromatic hydroxyl groups is 2. The van der Waals surface area contributed by atoms with E-state index in [1.54, 1.807) is 32.0 Å². The third kappa shape index (κ3) is 7.10. The van der Waals surface area contributed by atoms with Crippen LogP contribution in [0.2, 0.25) is 5.02 Å². The lowest BCUT2D eigenvalue weighted by Crippen LogP contribution is -1.93. The number of rotatable bonds is 4. The van der Waals surface area contributed by atoms with Crippen LogP contribution in [0.15, 0.2) is 18.2 Å². The maximum Gasteiger partial charge on any atom is 0.303 e. The van der Waals surface area contributed by atoms with Crippen molar-refractivity contribution in [1.29, 1.82) is 0 Å². The number of benzene rings is 2. The fourth-order valence-corrected chi connectivity index (χ4v) is 1.93. The second-order valence-electron chi connectivity index (χ2n) is 4.95. The molecule has 8 nitrogen and oxygen atoms in total. The van der Waals surface area contributed by atoms with Gasteiger partial charge in [-0.05, 0) is 18.2 Å². The van der Waals surface area contributed by atoms with Crippen LogP contribution >= 0.6 is 11.6 Å². The number of fused-ring (bicyclic) bond motifs is 1. The number of carboxylic acids is 2. The highest BCUT2D eigenvalue weighted by Crippen LogP contribution is 2.50. The molecule has 0 bridgehead atoms. The molecule has 0 atom stereocenters. The fourth-order valence-electron chi connectivity index (χ4n) is 1.76. The van der Waals surface area contributed by atoms with E-state index in [2.05, 4.69) is 0 Å². The first-order valence-electron chi connectivity index (χ1n) is 7.83. The van der Waals surface area contributed by atoms with Crippen molar-refractivity contribution in [2.45, 2.75) is 26.7 Å². The summed E-state index contributed by atoms with van der Waals surface area (Å²) in [5.41, 5.74) is 0. The number of phenols is 2. The van der Waals surface area contributed by atoms with Crippen molar-refractivity contribution in [1.82, 2.24) is 0 Å². The predicted octanol–water partition coefficient (Wildman–Crippen LogP) is 3.88. The molecule has 2 aromatic rings. The molecule has 9 heteroatoms. The van der Waals surface area contributed by atoms with Gasteiger partial charge in [-0.1, -0.05) is 25.4 Å². The van der Waals surface area contributed by atoms with Crippen molar-refractivity contribution < 1.29 is 39.5 Å². The average molecular weight is 403 g/mol. The third-order valence-corrected chi connectivity index (χ3v) is 3.38. The van der Waals surface area contributed by atoms with E-state index >= 15 is 0 Å². The fraction of sp³-hybridized carbons (Fsp3) is 0.333. The van der Waals surface area contributed by atoms with Gasteiger partial charge in [0.1, 0.15) is 0 Å². The smallest absolute Gasteiger partial charge is 0.303 e. The number of hydrogen-bond donors (Lipinski definition) is 4. The molecule has 0 unspecified atom stereocenters. The molecule has 0 spiro atoms. The molecule has 2 aromatic carbocycles. The molecule has 0 heterocycles. The highest BCUT2D eigenvalue weighted by Gasteiger charge is 2.20. The zero-order valence-corrected chi connectivity index (χ0v) is 16.2. The second kappa shape index (κ2) is 11.7. The average Bonchev–Trinajstić information content (AvgIpc) is 2.65. The zero-order valence-electron chi connectivity index (χ0n) is 15.4. The predicted molar refractivity (Wildman–Crippen MR) is 101 cm³/mol. The van der Waals surface area contributed by atoms with Crippen LogP contribution in [-0.4, -0.2) is 46.6 Å². The van der Waals surface area contributed by atoms with Gasteiger partial charge in [-0.25, -0.2) is 0 Å². The quantitative estimate of drug-likeness (QED) is 0.566. The van der Waals surface area contributed by atoms with Crippen molar-refractivity contribution in [3.8, 4) is 23.0 Å². The summed E-state index contributed by atoms with van der Waals surface area (Å²) in [6.45, 7) is 3.20. The SMILES string of the molecule is CCC(=O)O.CCC(=O)O.COc1c(OC)c(O)c2cc(Cl)ccc2c1O. The molecule has 27 heavy (non-hydrogen) atoms. The molecule has 0 aliphatic carbocycles. The summed E-state index contributed by atoms with van der Waals surface area (Å²) >= 11 is 5.85. The van der Waals surface area contributed by atoms with Crippen LogP contribution in [0.1, 0.15) is 26.7 Å². The number of ether oxygens (including phenoxy) is 2. The van der Waals surface area contributed by atoms with E-state index in [4.69, 9.17) is 31.3 Å². The molecule has 0 aromatic heterocycles. The largest absolute Gasteiger partial charge is 0.504 e. The Morgan fingerprint density at radius 3 is 1.59 bits per heavy atom. The number of carbonyl (C=O) groups is 2. The number of hydrogen-bond acceptors (Lipinski definition) is 6. The van der Waals surface area contributed by atoms with Crippen molar-refractivity contribution in [3.63, 3.8) is 0 Å². The van der Waals surface area contributed by atoms with Crippen LogP contribution in [0.4, 0.5) is 0 Å². The molecule has 2 rings (SSSR count). The van der Waals surface area contributed by atoms with Crippen molar-refractivity contribution in [2.75, 3.05) is 14.2 Å². The molecule has 0 saturated heterocycles. The first-order valence-corrected chi connectivity index (χ1v) is 8.20. The summed E-state index contributed by atoms with van der Waals surface area (Å²) in [5, 5.41) is 36.8. The molecule has 0 amide bonds. The van der Waals surface area contributed by atoms with Gasteiger partial charge in [-0.2, -0.15) is 0 Å². The number of halogens is 1. The molecule has 0 aliphatic heterocycles. The zero-order chi connectivity index (χ0) is 21.1. The summed E-state index contributed by atoms with van der Waals surface area (Å²) in [5.74, 6) is -1.51. The molecule has 0 aliphatic rings. The summed E-state index contributed by atoms with van der Waals surface area (Å²) < 4.78 is 10.0. The van der Waals surface area contributed by atoms with E-state index < -0.39 is 11.9 Å². The number of phenolic OH excluding ortho intramolecular Hbond substituents is 2. The van der Waals surface area contributed by atoms with E-state index in [9.17, 15) is 19.8 Å². The number of aliphatic carboxylic acids is 2. The van der Waals surface area contributed by atoms with E-state index in [0.717, 1.165) is 0 Å². The van der Waals surface area contributed by atoms with Crippen LogP contribution in [-0.2, 0) is 9.59 Å². The Bertz CT molecular complexity index is 775. The van der Waals surface area contributed by atoms with Crippen LogP contribution in [0, 0.1) is 0 Å². The van der Waals surface area contributed by atoms with E-state index in [1.807, 2.05) is 0 Å². The van der Waals surface area contributed by atoms with E-state index in [-0.39, 0.29) is 35.8 Å². The molecule has 0 fully saturated rings. The first kappa shape index (κ1) is 24.1. The summed E-state index contributed by atoms with van der Waals surface area (Å²) in [7, 11) is 2.77. The lowest BCUT2D eigenvalue weighted by Gasteiger charge is -2.14. The van der Waals surface area contributed by atoms with Gasteiger partial charge in [0.05, 0.1) is 14.2 Å². The minimum absolute atomic E-state index is 0.0831. The van der Waals surface area contributed by atoms with Gasteiger partial charge in [-0.3, -0.25) is 9.59 Å². The van der Waals surface area contributed by atoms with E-state index in [1.165, 1.54) is 14.2 Å². The summed E-state index contributed by atoms with van der Waals surface area (Å²) in [6.07, 6.45) is 0.444. The Labute approximate surface area is 161 Å². The highest BCUT2D eigenvalue weighted by molar-refractivity contribution is 6.31. The molecule has 0 radical (unpaired) electrons. The first-order chi connectivity index (χ1) is 12.6. The van der Waals surface area contributed by atoms with Crippen LogP contribution in [0.25, 0.3) is 10.8 Å². The maximum absolute atomic E-state index is 10.0. The van der Waals surface area contributed by atoms with Crippen molar-refractivity contribution in [3.05, 3.63) is 23.2 Å². The lowest BCUT2D eigenvalue weighted by molar-refractivity contribution is -0.137. The third-order valence-electron chi connectivity index (χ3n) is 3.14. The van der Waals surface area contributed by atoms with Gasteiger partial charge in [0.2, 0.25) is 11.5 Å². The summed E-state index contributed by atoms with van der Waals surface area (Å²) in [6, 6.07) is 4.78. The van der Waals surface area contributed by atoms with Crippen LogP contribution in [0.5, 0.6) is 23.0 Å². The Morgan fingerprint density at radius 2 is 1.26 bits per heavy atom. The topological polar surface area (TPSA) is 134 Å². The maximum atomic E-state index is 10.0. The molecular weight excluding hydrogens is 380 g/mol. The number of methoxy groups -OCH3 is 2. The lowest BCUT2D eigenvalue weighted by atomic mass is 10.1. The highest BCUT2D eigenvalue weighted by atomic mass is 35.5. The van der Waals surface area contributed by atoms with Gasteiger partial charge >= 0.3 is 11.9 Å². The van der Waals surface area contributed by atoms with Gasteiger partial charge < -0.3 is 29.9 Å². The molecule has 0 saturated carbocycles. The van der Waals surface area contributed by atoms with Crippen LogP contribution in [0.3, 0.4) is 0 Å². The Kier molecular flexibility index (Phi) is 10.4. The monoisotopic (exact) mass is 402 g/mol. The number of carboxylic acid groups (broad SMARTS) is 2. The Hall–Kier alpha value is -2.87. The van der Waals surface area contributed by atoms with Crippen molar-refractivity contribution >= 4 is 34.3 Å². The van der Waals surface area contributed by atoms with E-state index in [0.29, 0.717) is 15.8 Å². The minimum atomic E-state index is -0.745. The minimum Gasteiger partial charge on any atom is -0.504 e. The van der Waals surface area contributed by atoms with Gasteiger partial charge in [0, 0.05) is 28.6 Å². The molecular formula is C18H23ClO8. The van der Waals surface area contributed by atoms with Gasteiger partial charge in [0.15, 0.2) is 11.5 Å². The van der Waals surface area contributed by atoms with Gasteiger partial charge in [0.25, 0.3) is 0 Å². The standard InChI is InChI=1S/C12H11ClO4.2C3H6O2/c1-16-11-9(14)7-4-3-6(13)5-8(7)10(15)12(11)17-2;2*1-2-3(4)5/h3-5,14-15H,1-2H3;2*2H2,1H3,(H,4,5). The molecule has 150 valence electrons. The van der Waals surface area contributed by atoms with Crippen LogP contribution < -0.4 is 9.47 Å². The molecule has 4 N–H and O–H groups in total. The normalized spacial score (nSPS) is 9.37. The van der Waals surface area contributed by atoms with Crippen molar-refractivity contribution in [2.24, 2.45) is 0 Å². The summed E-state index contributed by atoms with van der Waals surface area (Å²) in [4.78, 5) is 18.7. The second-order valence-corrected chi connectivity index (χ2v) is 5.38. The van der Waals surface area contributed by atoms with Gasteiger partial charge in [-0.15, -0.1) is 0 Å². The Balaban J connectivity index is 0.000000563.